The molecular formula is C12H12BNO2. The van der Waals surface area contributed by atoms with Gasteiger partial charge in [0.15, 0.2) is 0 Å². The maximum absolute atomic E-state index is 12.0. The third-order valence-corrected chi connectivity index (χ3v) is 2.54. The second-order valence-electron chi connectivity index (χ2n) is 3.65. The summed E-state index contributed by atoms with van der Waals surface area (Å²) in [7, 11) is 7.29. The van der Waals surface area contributed by atoms with Crippen molar-refractivity contribution in [3.63, 3.8) is 0 Å². The molecule has 0 unspecified atom stereocenters. The van der Waals surface area contributed by atoms with Crippen molar-refractivity contribution >= 4 is 24.1 Å². The molecule has 2 radical (unpaired) electrons. The van der Waals surface area contributed by atoms with E-state index in [-0.39, 0.29) is 5.56 Å². The van der Waals surface area contributed by atoms with Crippen LogP contribution >= 0.6 is 0 Å². The summed E-state index contributed by atoms with van der Waals surface area (Å²) in [6.07, 6.45) is 1.78. The van der Waals surface area contributed by atoms with Gasteiger partial charge in [-0.2, -0.15) is 0 Å². The van der Waals surface area contributed by atoms with E-state index in [0.29, 0.717) is 24.0 Å². The van der Waals surface area contributed by atoms with Crippen LogP contribution in [-0.2, 0) is 11.3 Å². The molecule has 0 bridgehead atoms. The zero-order valence-corrected chi connectivity index (χ0v) is 9.14. The van der Waals surface area contributed by atoms with Crippen LogP contribution in [0.5, 0.6) is 0 Å². The fourth-order valence-corrected chi connectivity index (χ4v) is 1.66. The zero-order valence-electron chi connectivity index (χ0n) is 9.14. The second kappa shape index (κ2) is 4.53. The molecule has 0 aliphatic carbocycles. The number of pyridine rings is 1. The molecule has 2 rings (SSSR count). The molecular weight excluding hydrogens is 201 g/mol. The molecule has 0 amide bonds. The van der Waals surface area contributed by atoms with Crippen molar-refractivity contribution in [3.8, 4) is 0 Å². The number of nitrogens with zero attached hydrogens (tertiary/aromatic N) is 1. The Morgan fingerprint density at radius 3 is 2.94 bits per heavy atom. The van der Waals surface area contributed by atoms with Gasteiger partial charge in [0.05, 0.1) is 6.61 Å². The first kappa shape index (κ1) is 11.0. The molecule has 1 aromatic heterocycles. The van der Waals surface area contributed by atoms with Gasteiger partial charge in [-0.3, -0.25) is 4.79 Å². The van der Waals surface area contributed by atoms with Crippen molar-refractivity contribution in [2.24, 2.45) is 0 Å². The summed E-state index contributed by atoms with van der Waals surface area (Å²) < 4.78 is 6.58. The molecule has 0 atom stereocenters. The van der Waals surface area contributed by atoms with E-state index in [1.807, 2.05) is 12.1 Å². The summed E-state index contributed by atoms with van der Waals surface area (Å²) in [5, 5.41) is 1.56. The van der Waals surface area contributed by atoms with Gasteiger partial charge in [0.2, 0.25) is 0 Å². The summed E-state index contributed by atoms with van der Waals surface area (Å²) in [6, 6.07) is 7.26. The molecule has 2 aromatic rings. The largest absolute Gasteiger partial charge is 0.383 e. The van der Waals surface area contributed by atoms with Crippen molar-refractivity contribution in [2.45, 2.75) is 6.54 Å². The minimum atomic E-state index is -0.0261. The predicted molar refractivity (Wildman–Crippen MR) is 65.5 cm³/mol. The molecule has 16 heavy (non-hydrogen) atoms. The van der Waals surface area contributed by atoms with Gasteiger partial charge in [0.1, 0.15) is 7.85 Å². The van der Waals surface area contributed by atoms with Crippen LogP contribution < -0.4 is 11.0 Å². The summed E-state index contributed by atoms with van der Waals surface area (Å²) in [5.41, 5.74) is 0.580. The van der Waals surface area contributed by atoms with Gasteiger partial charge in [-0.15, -0.1) is 0 Å². The highest BCUT2D eigenvalue weighted by Crippen LogP contribution is 2.06. The van der Waals surface area contributed by atoms with E-state index >= 15 is 0 Å². The zero-order chi connectivity index (χ0) is 11.5. The normalized spacial score (nSPS) is 10.8. The van der Waals surface area contributed by atoms with Gasteiger partial charge in [0.25, 0.3) is 5.56 Å². The van der Waals surface area contributed by atoms with E-state index in [0.717, 1.165) is 5.39 Å². The van der Waals surface area contributed by atoms with Gasteiger partial charge in [0, 0.05) is 25.2 Å². The third-order valence-electron chi connectivity index (χ3n) is 2.54. The number of fused-ring (bicyclic) bond motifs is 1. The number of hydrogen-bond acceptors (Lipinski definition) is 2. The summed E-state index contributed by atoms with van der Waals surface area (Å²) >= 11 is 0. The molecule has 0 N–H and O–H groups in total. The minimum absolute atomic E-state index is 0.0261. The summed E-state index contributed by atoms with van der Waals surface area (Å²) in [5.74, 6) is 0. The summed E-state index contributed by atoms with van der Waals surface area (Å²) in [4.78, 5) is 12.0. The van der Waals surface area contributed by atoms with Gasteiger partial charge in [-0.1, -0.05) is 23.7 Å². The van der Waals surface area contributed by atoms with Crippen LogP contribution in [0.4, 0.5) is 0 Å². The Kier molecular flexibility index (Phi) is 3.10. The Bertz CT molecular complexity index is 562. The van der Waals surface area contributed by atoms with Crippen molar-refractivity contribution in [3.05, 3.63) is 40.8 Å². The fourth-order valence-electron chi connectivity index (χ4n) is 1.66. The SMILES string of the molecule is [B]c1ccc2ccn(CCOC)c(=O)c2c1. The Balaban J connectivity index is 2.55. The topological polar surface area (TPSA) is 31.2 Å². The third kappa shape index (κ3) is 2.02. The Morgan fingerprint density at radius 1 is 1.38 bits per heavy atom. The van der Waals surface area contributed by atoms with E-state index in [1.165, 1.54) is 0 Å². The number of benzene rings is 1. The lowest BCUT2D eigenvalue weighted by Gasteiger charge is -2.06. The van der Waals surface area contributed by atoms with Crippen molar-refractivity contribution in [1.82, 2.24) is 4.57 Å². The first-order valence-electron chi connectivity index (χ1n) is 5.10. The van der Waals surface area contributed by atoms with Crippen LogP contribution in [0.3, 0.4) is 0 Å². The van der Waals surface area contributed by atoms with Crippen molar-refractivity contribution in [1.29, 1.82) is 0 Å². The highest BCUT2D eigenvalue weighted by Gasteiger charge is 2.02. The average Bonchev–Trinajstić information content (AvgIpc) is 2.29. The van der Waals surface area contributed by atoms with Gasteiger partial charge < -0.3 is 9.30 Å². The van der Waals surface area contributed by atoms with Crippen LogP contribution in [0.25, 0.3) is 10.8 Å². The van der Waals surface area contributed by atoms with Crippen molar-refractivity contribution < 1.29 is 4.74 Å². The maximum atomic E-state index is 12.0. The van der Waals surface area contributed by atoms with E-state index in [2.05, 4.69) is 0 Å². The standard InChI is InChI=1S/C12H12BNO2/c1-16-7-6-14-5-4-9-2-3-10(13)8-11(9)12(14)15/h2-5,8H,6-7H2,1H3. The molecule has 3 nitrogen and oxygen atoms in total. The fraction of sp³-hybridized carbons (Fsp3) is 0.250. The van der Waals surface area contributed by atoms with E-state index in [1.54, 1.807) is 30.0 Å². The number of rotatable bonds is 3. The predicted octanol–water partition coefficient (Wildman–Crippen LogP) is 0.442. The molecule has 1 heterocycles. The number of ether oxygens (including phenoxy) is 1. The molecule has 80 valence electrons. The monoisotopic (exact) mass is 213 g/mol. The Hall–Kier alpha value is -1.55. The lowest BCUT2D eigenvalue weighted by atomic mass is 9.94. The van der Waals surface area contributed by atoms with E-state index in [4.69, 9.17) is 12.6 Å². The van der Waals surface area contributed by atoms with Gasteiger partial charge >= 0.3 is 0 Å². The number of aromatic nitrogens is 1. The van der Waals surface area contributed by atoms with Crippen LogP contribution in [-0.4, -0.2) is 26.1 Å². The molecule has 4 heteroatoms. The highest BCUT2D eigenvalue weighted by atomic mass is 16.5. The quantitative estimate of drug-likeness (QED) is 0.692. The van der Waals surface area contributed by atoms with Crippen LogP contribution in [0.1, 0.15) is 0 Å². The van der Waals surface area contributed by atoms with Crippen LogP contribution in [0.2, 0.25) is 0 Å². The van der Waals surface area contributed by atoms with Gasteiger partial charge in [-0.05, 0) is 11.5 Å². The Labute approximate surface area is 95.1 Å². The average molecular weight is 213 g/mol. The Morgan fingerprint density at radius 2 is 2.19 bits per heavy atom. The molecule has 0 spiro atoms. The van der Waals surface area contributed by atoms with Crippen LogP contribution in [0, 0.1) is 0 Å². The first-order chi connectivity index (χ1) is 7.72. The lowest BCUT2D eigenvalue weighted by Crippen LogP contribution is -2.22. The minimum Gasteiger partial charge on any atom is -0.383 e. The highest BCUT2D eigenvalue weighted by molar-refractivity contribution is 6.33. The summed E-state index contributed by atoms with van der Waals surface area (Å²) in [6.45, 7) is 1.08. The molecule has 0 aliphatic rings. The van der Waals surface area contributed by atoms with Crippen molar-refractivity contribution in [2.75, 3.05) is 13.7 Å². The lowest BCUT2D eigenvalue weighted by molar-refractivity contribution is 0.186. The second-order valence-corrected chi connectivity index (χ2v) is 3.65. The van der Waals surface area contributed by atoms with E-state index in [9.17, 15) is 4.79 Å². The molecule has 0 saturated carbocycles. The van der Waals surface area contributed by atoms with Gasteiger partial charge in [-0.25, -0.2) is 0 Å². The first-order valence-corrected chi connectivity index (χ1v) is 5.10. The van der Waals surface area contributed by atoms with E-state index < -0.39 is 0 Å². The van der Waals surface area contributed by atoms with Crippen LogP contribution in [0.15, 0.2) is 35.3 Å². The maximum Gasteiger partial charge on any atom is 0.258 e. The smallest absolute Gasteiger partial charge is 0.258 e. The molecule has 0 aliphatic heterocycles. The molecule has 0 fully saturated rings. The molecule has 1 aromatic carbocycles. The number of methoxy groups -OCH3 is 1. The molecule has 0 saturated heterocycles. The number of hydrogen-bond donors (Lipinski definition) is 0.